The molecule has 0 saturated carbocycles. The van der Waals surface area contributed by atoms with Gasteiger partial charge in [0.25, 0.3) is 0 Å². The molecular weight excluding hydrogens is 976 g/mol. The van der Waals surface area contributed by atoms with E-state index in [0.29, 0.717) is 44.7 Å². The molecule has 6 nitrogen and oxygen atoms in total. The van der Waals surface area contributed by atoms with E-state index in [-0.39, 0.29) is 49.2 Å². The van der Waals surface area contributed by atoms with Crippen LogP contribution in [-0.4, -0.2) is 27.6 Å². The third-order valence-corrected chi connectivity index (χ3v) is 13.3. The molecule has 0 spiro atoms. The largest absolute Gasteiger partial charge is 0.500 e. The Hall–Kier alpha value is -5.99. The van der Waals surface area contributed by atoms with Gasteiger partial charge < -0.3 is 18.4 Å². The van der Waals surface area contributed by atoms with Crippen molar-refractivity contribution in [2.45, 2.75) is 72.9 Å². The van der Waals surface area contributed by atoms with Crippen LogP contribution in [0, 0.1) is 31.7 Å². The Balaban J connectivity index is 0.000000301. The number of imidazole rings is 1. The average Bonchev–Trinajstić information content (AvgIpc) is 4.01. The molecule has 9 heteroatoms. The Kier molecular flexibility index (Phi) is 10.0. The molecule has 0 atom stereocenters. The smallest absolute Gasteiger partial charge is 0.192 e. The second kappa shape index (κ2) is 17.3. The summed E-state index contributed by atoms with van der Waals surface area (Å²) in [5, 5.41) is 2.80. The summed E-state index contributed by atoms with van der Waals surface area (Å²) in [4.78, 5) is 13.8. The topological polar surface area (TPSA) is 69.9 Å². The minimum Gasteiger partial charge on any atom is -0.500 e. The molecular formula is C54H49FIrN4O2Si-2. The number of oxazole rings is 1. The van der Waals surface area contributed by atoms with Crippen molar-refractivity contribution >= 4 is 57.3 Å². The van der Waals surface area contributed by atoms with E-state index in [2.05, 4.69) is 99.8 Å². The molecule has 4 aromatic heterocycles. The number of furan rings is 1. The molecule has 0 saturated heterocycles. The van der Waals surface area contributed by atoms with Gasteiger partial charge in [-0.05, 0) is 81.7 Å². The summed E-state index contributed by atoms with van der Waals surface area (Å²) >= 11 is 0. The number of pyridine rings is 1. The maximum atomic E-state index is 12.8. The average molecular weight is 1030 g/mol. The van der Waals surface area contributed by atoms with Gasteiger partial charge in [-0.15, -0.1) is 48.0 Å². The summed E-state index contributed by atoms with van der Waals surface area (Å²) in [5.74, 6) is 0.0317. The first kappa shape index (κ1) is 36.5. The number of hydrogen-bond acceptors (Lipinski definition) is 5. The number of benzene rings is 6. The molecule has 0 aliphatic heterocycles. The van der Waals surface area contributed by atoms with Crippen molar-refractivity contribution < 1.29 is 41.6 Å². The van der Waals surface area contributed by atoms with Crippen LogP contribution in [0.5, 0.6) is 0 Å². The number of para-hydroxylation sites is 1. The molecule has 6 aromatic carbocycles. The number of aryl methyl sites for hydroxylation is 2. The maximum Gasteiger partial charge on any atom is 0.192 e. The standard InChI is InChI=1S/C40H34N3O2.C14H15FNSi.Ir/c1-22(2)30-18-27(26-13-8-7-9-14-26)19-31(23(3)4)38(30)43-37-24(5)12-10-17-33(37)42-40(43)29-16-11-15-28-32-20-34-36(44-25(6)41-34)21-35(32)45-39(28)29;1-17(2,3)13-8-9-14(16-10-13)11-4-6-12(15)7-5-11;/h7-15,17-23H,1-6H3;4,6-10H,1-3H3;/q2*-1;/i5D3,6D3;;. The fraction of sp³-hybridized carbons (Fsp3) is 0.204. The zero-order valence-corrected chi connectivity index (χ0v) is 39.4. The van der Waals surface area contributed by atoms with Crippen LogP contribution in [0.15, 0.2) is 130 Å². The summed E-state index contributed by atoms with van der Waals surface area (Å²) in [6.45, 7) is 10.5. The van der Waals surface area contributed by atoms with Crippen molar-refractivity contribution in [3.63, 3.8) is 0 Å². The van der Waals surface area contributed by atoms with Gasteiger partial charge in [0.05, 0.1) is 30.5 Å². The minimum atomic E-state index is -2.49. The van der Waals surface area contributed by atoms with Gasteiger partial charge in [-0.2, -0.15) is 0 Å². The van der Waals surface area contributed by atoms with E-state index in [1.54, 1.807) is 36.4 Å². The van der Waals surface area contributed by atoms with Gasteiger partial charge in [0, 0.05) is 64.3 Å². The van der Waals surface area contributed by atoms with Crippen molar-refractivity contribution in [2.24, 2.45) is 0 Å². The maximum absolute atomic E-state index is 12.8. The molecule has 63 heavy (non-hydrogen) atoms. The van der Waals surface area contributed by atoms with Crippen LogP contribution in [0.4, 0.5) is 4.39 Å². The zero-order chi connectivity index (χ0) is 48.4. The fourth-order valence-corrected chi connectivity index (χ4v) is 9.05. The molecule has 0 fully saturated rings. The molecule has 0 amide bonds. The summed E-state index contributed by atoms with van der Waals surface area (Å²) in [5.41, 5.74) is 10.3. The zero-order valence-electron chi connectivity index (χ0n) is 42.0. The third kappa shape index (κ3) is 8.33. The summed E-state index contributed by atoms with van der Waals surface area (Å²) in [6.07, 6.45) is 1.93. The molecule has 0 bridgehead atoms. The predicted octanol–water partition coefficient (Wildman–Crippen LogP) is 14.3. The molecule has 1 radical (unpaired) electrons. The molecule has 319 valence electrons. The summed E-state index contributed by atoms with van der Waals surface area (Å²) < 4.78 is 75.9. The van der Waals surface area contributed by atoms with Crippen LogP contribution in [0.3, 0.4) is 0 Å². The molecule has 0 unspecified atom stereocenters. The van der Waals surface area contributed by atoms with Crippen LogP contribution in [0.25, 0.3) is 83.5 Å². The predicted molar refractivity (Wildman–Crippen MR) is 255 cm³/mol. The first-order chi connectivity index (χ1) is 32.2. The normalized spacial score (nSPS) is 13.6. The number of nitrogens with zero attached hydrogens (tertiary/aromatic N) is 4. The number of aromatic nitrogens is 4. The SMILES string of the molecule is C[Si](C)(C)c1ccc(-c2[c-]cc(F)cc2)nc1.[2H]C([2H])([2H])c1nc2cc3c(cc2o1)oc1c(-c2nc4cccc(C([2H])([2H])[2H])c4n2-c2c(C(C)C)cc(-c4ccccc4)cc2C(C)C)[c-]ccc13.[Ir]. The minimum absolute atomic E-state index is 0. The quantitative estimate of drug-likeness (QED) is 0.117. The Morgan fingerprint density at radius 3 is 2.16 bits per heavy atom. The van der Waals surface area contributed by atoms with Crippen molar-refractivity contribution in [3.8, 4) is 39.5 Å². The Bertz CT molecular complexity index is 3460. The van der Waals surface area contributed by atoms with E-state index in [1.165, 1.54) is 17.3 Å². The second-order valence-electron chi connectivity index (χ2n) is 17.3. The van der Waals surface area contributed by atoms with Crippen molar-refractivity contribution in [1.29, 1.82) is 0 Å². The molecule has 0 aliphatic rings. The van der Waals surface area contributed by atoms with Crippen LogP contribution in [0.1, 0.15) is 70.3 Å². The monoisotopic (exact) mass is 1030 g/mol. The Morgan fingerprint density at radius 2 is 1.51 bits per heavy atom. The number of halogens is 1. The van der Waals surface area contributed by atoms with E-state index in [9.17, 15) is 4.39 Å². The first-order valence-corrected chi connectivity index (χ1v) is 24.3. The first-order valence-electron chi connectivity index (χ1n) is 23.8. The van der Waals surface area contributed by atoms with Crippen molar-refractivity contribution in [2.75, 3.05) is 0 Å². The fourth-order valence-electron chi connectivity index (χ4n) is 8.02. The van der Waals surface area contributed by atoms with Crippen molar-refractivity contribution in [1.82, 2.24) is 19.5 Å². The van der Waals surface area contributed by atoms with Crippen LogP contribution >= 0.6 is 0 Å². The molecule has 4 heterocycles. The second-order valence-corrected chi connectivity index (χ2v) is 22.3. The number of rotatable bonds is 7. The Morgan fingerprint density at radius 1 is 0.730 bits per heavy atom. The molecule has 0 aliphatic carbocycles. The van der Waals surface area contributed by atoms with Gasteiger partial charge in [-0.3, -0.25) is 9.37 Å². The van der Waals surface area contributed by atoms with Gasteiger partial charge in [0.1, 0.15) is 11.1 Å². The third-order valence-electron chi connectivity index (χ3n) is 11.3. The summed E-state index contributed by atoms with van der Waals surface area (Å²) in [6, 6.07) is 41.8. The van der Waals surface area contributed by atoms with Crippen LogP contribution in [0.2, 0.25) is 19.6 Å². The summed E-state index contributed by atoms with van der Waals surface area (Å²) in [7, 11) is -1.30. The number of hydrogen-bond donors (Lipinski definition) is 0. The molecule has 10 rings (SSSR count). The van der Waals surface area contributed by atoms with Crippen molar-refractivity contribution in [3.05, 3.63) is 162 Å². The van der Waals surface area contributed by atoms with E-state index in [4.69, 9.17) is 22.0 Å². The molecule has 10 aromatic rings. The van der Waals surface area contributed by atoms with E-state index >= 15 is 0 Å². The van der Waals surface area contributed by atoms with E-state index in [1.807, 2.05) is 47.2 Å². The Labute approximate surface area is 391 Å². The van der Waals surface area contributed by atoms with Gasteiger partial charge in [0.15, 0.2) is 11.5 Å². The van der Waals surface area contributed by atoms with Crippen LogP contribution in [-0.2, 0) is 20.1 Å². The van der Waals surface area contributed by atoms with E-state index in [0.717, 1.165) is 50.0 Å². The van der Waals surface area contributed by atoms with Gasteiger partial charge >= 0.3 is 0 Å². The van der Waals surface area contributed by atoms with E-state index < -0.39 is 21.8 Å². The van der Waals surface area contributed by atoms with Gasteiger partial charge in [-0.25, -0.2) is 4.98 Å². The van der Waals surface area contributed by atoms with Gasteiger partial charge in [-0.1, -0.05) is 113 Å². The van der Waals surface area contributed by atoms with Crippen LogP contribution < -0.4 is 5.19 Å². The van der Waals surface area contributed by atoms with Gasteiger partial charge in [0.2, 0.25) is 0 Å². The number of fused-ring (bicyclic) bond motifs is 5. The molecule has 0 N–H and O–H groups in total.